The molecule has 0 aliphatic carbocycles. The maximum absolute atomic E-state index is 13.3. The van der Waals surface area contributed by atoms with Crippen LogP contribution >= 0.6 is 0 Å². The van der Waals surface area contributed by atoms with Gasteiger partial charge in [0.05, 0.1) is 0 Å². The van der Waals surface area contributed by atoms with Crippen molar-refractivity contribution in [2.75, 3.05) is 0 Å². The lowest BCUT2D eigenvalue weighted by molar-refractivity contribution is 0.498. The molecule has 0 amide bonds. The predicted molar refractivity (Wildman–Crippen MR) is 57.4 cm³/mol. The molecule has 0 saturated carbocycles. The van der Waals surface area contributed by atoms with E-state index in [9.17, 15) is 8.78 Å². The van der Waals surface area contributed by atoms with E-state index in [1.165, 1.54) is 18.2 Å². The lowest BCUT2D eigenvalue weighted by Gasteiger charge is -2.13. The first-order valence-corrected chi connectivity index (χ1v) is 5.36. The van der Waals surface area contributed by atoms with E-state index in [1.54, 1.807) is 0 Å². The van der Waals surface area contributed by atoms with E-state index >= 15 is 0 Å². The minimum atomic E-state index is -0.543. The van der Waals surface area contributed by atoms with Gasteiger partial charge in [0.2, 0.25) is 0 Å². The van der Waals surface area contributed by atoms with Gasteiger partial charge >= 0.3 is 0 Å². The predicted octanol–water partition coefficient (Wildman–Crippen LogP) is 3.54. The molecule has 1 rings (SSSR count). The second-order valence-corrected chi connectivity index (χ2v) is 3.74. The summed E-state index contributed by atoms with van der Waals surface area (Å²) >= 11 is 0. The molecule has 0 radical (unpaired) electrons. The molecule has 15 heavy (non-hydrogen) atoms. The summed E-state index contributed by atoms with van der Waals surface area (Å²) in [7, 11) is 0. The average Bonchev–Trinajstić information content (AvgIpc) is 2.18. The van der Waals surface area contributed by atoms with Crippen LogP contribution in [0.25, 0.3) is 0 Å². The molecule has 84 valence electrons. The largest absolute Gasteiger partial charge is 0.324 e. The molecule has 0 bridgehead atoms. The zero-order valence-electron chi connectivity index (χ0n) is 8.97. The fraction of sp³-hybridized carbons (Fsp3) is 0.500. The van der Waals surface area contributed by atoms with Gasteiger partial charge in [-0.05, 0) is 18.6 Å². The molecular formula is C12H17F2N. The summed E-state index contributed by atoms with van der Waals surface area (Å²) in [6.45, 7) is 2.08. The lowest BCUT2D eigenvalue weighted by Crippen LogP contribution is -2.14. The van der Waals surface area contributed by atoms with Gasteiger partial charge in [0.1, 0.15) is 11.6 Å². The van der Waals surface area contributed by atoms with Gasteiger partial charge in [0.25, 0.3) is 0 Å². The molecule has 1 atom stereocenters. The van der Waals surface area contributed by atoms with Crippen molar-refractivity contribution in [2.24, 2.45) is 5.73 Å². The highest BCUT2D eigenvalue weighted by Gasteiger charge is 2.15. The Morgan fingerprint density at radius 3 is 2.33 bits per heavy atom. The quantitative estimate of drug-likeness (QED) is 0.744. The van der Waals surface area contributed by atoms with E-state index in [1.807, 2.05) is 0 Å². The Balaban J connectivity index is 2.68. The highest BCUT2D eigenvalue weighted by Crippen LogP contribution is 2.22. The molecule has 0 spiro atoms. The van der Waals surface area contributed by atoms with Crippen LogP contribution in [-0.4, -0.2) is 0 Å². The molecule has 3 heteroatoms. The third-order valence-corrected chi connectivity index (χ3v) is 2.49. The smallest absolute Gasteiger partial charge is 0.130 e. The normalized spacial score (nSPS) is 12.8. The van der Waals surface area contributed by atoms with Crippen LogP contribution in [0.3, 0.4) is 0 Å². The molecular weight excluding hydrogens is 196 g/mol. The van der Waals surface area contributed by atoms with Crippen molar-refractivity contribution in [1.29, 1.82) is 0 Å². The first kappa shape index (κ1) is 12.1. The maximum Gasteiger partial charge on any atom is 0.130 e. The summed E-state index contributed by atoms with van der Waals surface area (Å²) < 4.78 is 26.6. The summed E-state index contributed by atoms with van der Waals surface area (Å²) in [6, 6.07) is 3.32. The molecule has 0 aliphatic heterocycles. The van der Waals surface area contributed by atoms with Gasteiger partial charge in [0.15, 0.2) is 0 Å². The monoisotopic (exact) mass is 213 g/mol. The van der Waals surface area contributed by atoms with Gasteiger partial charge in [-0.15, -0.1) is 0 Å². The SMILES string of the molecule is CCCCC[C@@H](N)c1c(F)cccc1F. The Morgan fingerprint density at radius 1 is 1.20 bits per heavy atom. The van der Waals surface area contributed by atoms with E-state index in [-0.39, 0.29) is 5.56 Å². The zero-order chi connectivity index (χ0) is 11.3. The van der Waals surface area contributed by atoms with Crippen molar-refractivity contribution in [3.63, 3.8) is 0 Å². The Morgan fingerprint density at radius 2 is 1.80 bits per heavy atom. The molecule has 1 nitrogen and oxygen atoms in total. The Bertz CT molecular complexity index is 292. The fourth-order valence-corrected chi connectivity index (χ4v) is 1.62. The summed E-state index contributed by atoms with van der Waals surface area (Å²) in [4.78, 5) is 0. The third-order valence-electron chi connectivity index (χ3n) is 2.49. The van der Waals surface area contributed by atoms with Crippen molar-refractivity contribution < 1.29 is 8.78 Å². The standard InChI is InChI=1S/C12H17F2N/c1-2-3-4-8-11(15)12-9(13)6-5-7-10(12)14/h5-7,11H,2-4,8,15H2,1H3/t11-/m1/s1. The fourth-order valence-electron chi connectivity index (χ4n) is 1.62. The molecule has 0 heterocycles. The summed E-state index contributed by atoms with van der Waals surface area (Å²) in [5.74, 6) is -1.09. The van der Waals surface area contributed by atoms with Crippen LogP contribution in [0.2, 0.25) is 0 Å². The highest BCUT2D eigenvalue weighted by atomic mass is 19.1. The van der Waals surface area contributed by atoms with Crippen LogP contribution in [0.5, 0.6) is 0 Å². The number of halogens is 2. The number of rotatable bonds is 5. The molecule has 0 saturated heterocycles. The van der Waals surface area contributed by atoms with Gasteiger partial charge in [-0.2, -0.15) is 0 Å². The van der Waals surface area contributed by atoms with E-state index < -0.39 is 17.7 Å². The van der Waals surface area contributed by atoms with Gasteiger partial charge in [-0.3, -0.25) is 0 Å². The van der Waals surface area contributed by atoms with E-state index in [0.717, 1.165) is 19.3 Å². The minimum Gasteiger partial charge on any atom is -0.324 e. The summed E-state index contributed by atoms with van der Waals surface area (Å²) in [5.41, 5.74) is 5.78. The van der Waals surface area contributed by atoms with Crippen LogP contribution < -0.4 is 5.73 Å². The van der Waals surface area contributed by atoms with Gasteiger partial charge in [-0.1, -0.05) is 32.3 Å². The first-order chi connectivity index (χ1) is 7.16. The lowest BCUT2D eigenvalue weighted by atomic mass is 10.0. The van der Waals surface area contributed by atoms with Crippen LogP contribution in [0.15, 0.2) is 18.2 Å². The van der Waals surface area contributed by atoms with Gasteiger partial charge in [0, 0.05) is 11.6 Å². The average molecular weight is 213 g/mol. The molecule has 2 N–H and O–H groups in total. The molecule has 0 aliphatic rings. The van der Waals surface area contributed by atoms with Gasteiger partial charge in [-0.25, -0.2) is 8.78 Å². The zero-order valence-corrected chi connectivity index (χ0v) is 8.97. The second-order valence-electron chi connectivity index (χ2n) is 3.74. The molecule has 0 unspecified atom stereocenters. The maximum atomic E-state index is 13.3. The summed E-state index contributed by atoms with van der Waals surface area (Å²) in [6.07, 6.45) is 3.66. The molecule has 0 fully saturated rings. The van der Waals surface area contributed by atoms with Crippen molar-refractivity contribution in [3.05, 3.63) is 35.4 Å². The number of benzene rings is 1. The molecule has 1 aromatic rings. The van der Waals surface area contributed by atoms with Crippen LogP contribution in [0.4, 0.5) is 8.78 Å². The molecule has 0 aromatic heterocycles. The minimum absolute atomic E-state index is 0.0219. The number of hydrogen-bond donors (Lipinski definition) is 1. The topological polar surface area (TPSA) is 26.0 Å². The number of hydrogen-bond acceptors (Lipinski definition) is 1. The number of nitrogens with two attached hydrogens (primary N) is 1. The highest BCUT2D eigenvalue weighted by molar-refractivity contribution is 5.22. The Labute approximate surface area is 89.3 Å². The van der Waals surface area contributed by atoms with Crippen LogP contribution in [0, 0.1) is 11.6 Å². The van der Waals surface area contributed by atoms with Crippen LogP contribution in [0.1, 0.15) is 44.2 Å². The first-order valence-electron chi connectivity index (χ1n) is 5.36. The molecule has 1 aromatic carbocycles. The Hall–Kier alpha value is -0.960. The van der Waals surface area contributed by atoms with Crippen LogP contribution in [-0.2, 0) is 0 Å². The van der Waals surface area contributed by atoms with Crippen molar-refractivity contribution >= 4 is 0 Å². The van der Waals surface area contributed by atoms with E-state index in [2.05, 4.69) is 6.92 Å². The van der Waals surface area contributed by atoms with Crippen molar-refractivity contribution in [2.45, 2.75) is 38.6 Å². The third kappa shape index (κ3) is 3.27. The van der Waals surface area contributed by atoms with E-state index in [0.29, 0.717) is 6.42 Å². The number of unbranched alkanes of at least 4 members (excludes halogenated alkanes) is 2. The van der Waals surface area contributed by atoms with Crippen molar-refractivity contribution in [1.82, 2.24) is 0 Å². The Kier molecular flexibility index (Phi) is 4.69. The van der Waals surface area contributed by atoms with E-state index in [4.69, 9.17) is 5.73 Å². The summed E-state index contributed by atoms with van der Waals surface area (Å²) in [5, 5.41) is 0. The second kappa shape index (κ2) is 5.81. The van der Waals surface area contributed by atoms with Gasteiger partial charge < -0.3 is 5.73 Å². The van der Waals surface area contributed by atoms with Crippen molar-refractivity contribution in [3.8, 4) is 0 Å².